The van der Waals surface area contributed by atoms with E-state index in [2.05, 4.69) is 21.3 Å². The number of hydrogen-bond acceptors (Lipinski definition) is 14. The molecule has 1 saturated heterocycles. The summed E-state index contributed by atoms with van der Waals surface area (Å²) < 4.78 is 32.2. The average molecular weight is 1370 g/mol. The minimum Gasteiger partial charge on any atom is -0.542 e. The van der Waals surface area contributed by atoms with Gasteiger partial charge in [0.2, 0.25) is 65.0 Å². The summed E-state index contributed by atoms with van der Waals surface area (Å²) in [7, 11) is 16.0. The van der Waals surface area contributed by atoms with E-state index in [0.717, 1.165) is 9.80 Å². The third-order valence-electron chi connectivity index (χ3n) is 16.9. The molecular formula is C67H119F3N12O14. The van der Waals surface area contributed by atoms with E-state index >= 15 is 14.4 Å². The van der Waals surface area contributed by atoms with E-state index in [0.29, 0.717) is 17.4 Å². The van der Waals surface area contributed by atoms with Crippen molar-refractivity contribution in [3.8, 4) is 0 Å². The highest BCUT2D eigenvalue weighted by Gasteiger charge is 2.46. The van der Waals surface area contributed by atoms with Crippen LogP contribution in [0.2, 0.25) is 0 Å². The number of nitrogens with zero attached hydrogens (tertiary/aromatic N) is 8. The van der Waals surface area contributed by atoms with Gasteiger partial charge in [-0.3, -0.25) is 52.7 Å². The summed E-state index contributed by atoms with van der Waals surface area (Å²) in [4.78, 5) is 178. The first-order chi connectivity index (χ1) is 43.8. The van der Waals surface area contributed by atoms with Gasteiger partial charge in [0.05, 0.1) is 40.3 Å². The zero-order chi connectivity index (χ0) is 75.3. The number of carboxylic acids is 1. The van der Waals surface area contributed by atoms with Crippen LogP contribution < -0.4 is 26.4 Å². The predicted octanol–water partition coefficient (Wildman–Crippen LogP) is 2.25. The van der Waals surface area contributed by atoms with Crippen LogP contribution in [0.4, 0.5) is 13.2 Å². The van der Waals surface area contributed by atoms with Gasteiger partial charge >= 0.3 is 6.18 Å². The first kappa shape index (κ1) is 89.1. The number of aliphatic hydroxyl groups excluding tert-OH is 1. The molecule has 96 heavy (non-hydrogen) atoms. The van der Waals surface area contributed by atoms with E-state index in [1.165, 1.54) is 87.7 Å². The largest absolute Gasteiger partial charge is 0.542 e. The Balaban J connectivity index is 0.0000121. The number of rotatable bonds is 17. The van der Waals surface area contributed by atoms with Gasteiger partial charge < -0.3 is 75.1 Å². The molecule has 0 aromatic rings. The summed E-state index contributed by atoms with van der Waals surface area (Å²) in [6.07, 6.45) is -1.93. The molecule has 0 aromatic heterocycles. The SMILES string of the molecule is CC[C@@H]1NC(=O)[C@H]([C@H](O)[C@H](C)C/C=C/C[N+](C)(C)C)N(C)C(=O)[C@H](C(C)C)N(C)C(=O)[C@H](CC(C)C)N(C)C(=O)[C@H](CC(C)C)N(C)C(=O)[C@@H](C)NC(=O)[C@H](C)NC(=O)[C@H](CC(C)C)N(C)C(=O)[C@H](C(C)C)NC(=O)[C@H](CC(C)C)N(C)C(=O)CN(C)C1=O.O=C([O-])C(F)(F)F. The molecule has 0 spiro atoms. The van der Waals surface area contributed by atoms with Crippen molar-refractivity contribution in [2.45, 2.75) is 222 Å². The first-order valence-electron chi connectivity index (χ1n) is 33.3. The quantitative estimate of drug-likeness (QED) is 0.103. The second-order valence-electron chi connectivity index (χ2n) is 29.3. The molecule has 0 unspecified atom stereocenters. The number of quaternary nitrogens is 1. The van der Waals surface area contributed by atoms with Gasteiger partial charge in [-0.05, 0) is 99.9 Å². The van der Waals surface area contributed by atoms with Gasteiger partial charge in [-0.25, -0.2) is 0 Å². The Morgan fingerprint density at radius 2 is 0.917 bits per heavy atom. The van der Waals surface area contributed by atoms with Gasteiger partial charge in [0, 0.05) is 49.3 Å². The number of alkyl halides is 3. The number of halogens is 3. The normalized spacial score (nSPS) is 25.3. The van der Waals surface area contributed by atoms with E-state index in [4.69, 9.17) is 9.90 Å². The van der Waals surface area contributed by atoms with Gasteiger partial charge in [0.15, 0.2) is 0 Å². The van der Waals surface area contributed by atoms with Crippen molar-refractivity contribution >= 4 is 70.9 Å². The Kier molecular flexibility index (Phi) is 36.6. The Labute approximate surface area is 569 Å². The molecule has 0 radical (unpaired) electrons. The second-order valence-corrected chi connectivity index (χ2v) is 29.3. The first-order valence-corrected chi connectivity index (χ1v) is 33.3. The zero-order valence-corrected chi connectivity index (χ0v) is 62.2. The summed E-state index contributed by atoms with van der Waals surface area (Å²) in [5.41, 5.74) is 0. The van der Waals surface area contributed by atoms with Crippen molar-refractivity contribution in [2.75, 3.05) is 83.6 Å². The lowest BCUT2D eigenvalue weighted by atomic mass is 9.91. The van der Waals surface area contributed by atoms with Crippen molar-refractivity contribution in [1.82, 2.24) is 55.6 Å². The molecule has 1 aliphatic heterocycles. The molecule has 0 aliphatic carbocycles. The fourth-order valence-electron chi connectivity index (χ4n) is 11.0. The number of carbonyl (C=O) groups is 12. The molecule has 0 aromatic carbocycles. The molecule has 1 rings (SSSR count). The fraction of sp³-hybridized carbons (Fsp3) is 0.791. The number of carboxylic acid groups (broad SMARTS) is 1. The number of nitrogens with one attached hydrogen (secondary N) is 4. The molecule has 11 amide bonds. The summed E-state index contributed by atoms with van der Waals surface area (Å²) in [5, 5.41) is 32.1. The molecule has 1 heterocycles. The average Bonchev–Trinajstić information content (AvgIpc) is 0.831. The molecule has 1 aliphatic rings. The van der Waals surface area contributed by atoms with Crippen molar-refractivity contribution < 1.29 is 85.4 Å². The van der Waals surface area contributed by atoms with Gasteiger partial charge in [-0.15, -0.1) is 0 Å². The smallest absolute Gasteiger partial charge is 0.430 e. The van der Waals surface area contributed by atoms with Crippen LogP contribution in [-0.4, -0.2) is 271 Å². The number of amides is 11. The van der Waals surface area contributed by atoms with E-state index in [9.17, 15) is 56.6 Å². The molecule has 552 valence electrons. The second kappa shape index (κ2) is 39.5. The highest BCUT2D eigenvalue weighted by atomic mass is 19.4. The van der Waals surface area contributed by atoms with Crippen LogP contribution in [0.5, 0.6) is 0 Å². The third-order valence-corrected chi connectivity index (χ3v) is 16.9. The van der Waals surface area contributed by atoms with Crippen molar-refractivity contribution in [3.05, 3.63) is 12.2 Å². The maximum atomic E-state index is 15.3. The van der Waals surface area contributed by atoms with Crippen molar-refractivity contribution in [2.24, 2.45) is 41.4 Å². The van der Waals surface area contributed by atoms with Crippen LogP contribution in [0.3, 0.4) is 0 Å². The molecule has 0 saturated carbocycles. The number of aliphatic hydroxyl groups is 1. The van der Waals surface area contributed by atoms with Gasteiger partial charge in [-0.2, -0.15) is 13.2 Å². The number of allylic oxidation sites excluding steroid dienone is 1. The number of likely N-dealkylation sites (N-methyl/N-ethyl adjacent to an activating group) is 8. The molecule has 5 N–H and O–H groups in total. The van der Waals surface area contributed by atoms with Crippen LogP contribution in [0, 0.1) is 41.4 Å². The zero-order valence-electron chi connectivity index (χ0n) is 62.2. The maximum absolute atomic E-state index is 15.3. The molecular weight excluding hydrogens is 1250 g/mol. The van der Waals surface area contributed by atoms with E-state index < -0.39 is 168 Å². The predicted molar refractivity (Wildman–Crippen MR) is 357 cm³/mol. The molecule has 0 bridgehead atoms. The Bertz CT molecular complexity index is 2670. The fourth-order valence-corrected chi connectivity index (χ4v) is 11.0. The van der Waals surface area contributed by atoms with Gasteiger partial charge in [0.1, 0.15) is 66.4 Å². The Hall–Kier alpha value is -6.91. The molecule has 1 fully saturated rings. The van der Waals surface area contributed by atoms with Gasteiger partial charge in [0.25, 0.3) is 0 Å². The van der Waals surface area contributed by atoms with Crippen molar-refractivity contribution in [3.63, 3.8) is 0 Å². The topological polar surface area (TPSA) is 319 Å². The van der Waals surface area contributed by atoms with Crippen LogP contribution in [-0.2, 0) is 57.5 Å². The van der Waals surface area contributed by atoms with Crippen molar-refractivity contribution in [1.29, 1.82) is 0 Å². The van der Waals surface area contributed by atoms with E-state index in [1.54, 1.807) is 41.5 Å². The number of carbonyl (C=O) groups excluding carboxylic acids is 12. The van der Waals surface area contributed by atoms with Crippen LogP contribution in [0.1, 0.15) is 149 Å². The summed E-state index contributed by atoms with van der Waals surface area (Å²) in [6.45, 7) is 28.3. The van der Waals surface area contributed by atoms with E-state index in [-0.39, 0.29) is 55.8 Å². The summed E-state index contributed by atoms with van der Waals surface area (Å²) >= 11 is 0. The minimum absolute atomic E-state index is 0.0181. The summed E-state index contributed by atoms with van der Waals surface area (Å²) in [6, 6.07) is -12.4. The molecule has 12 atom stereocenters. The Morgan fingerprint density at radius 3 is 1.33 bits per heavy atom. The maximum Gasteiger partial charge on any atom is 0.430 e. The monoisotopic (exact) mass is 1370 g/mol. The molecule has 26 nitrogen and oxygen atoms in total. The number of hydrogen-bond donors (Lipinski definition) is 5. The standard InChI is InChI=1S/C65H118N12O12.C2HF3O2/c1-27-46-61(85)70(17)36-51(78)71(18)47(32-37(2)3)58(82)69-52(41(10)11)64(88)72(19)48(33-38(4)5)57(81)66-44(15)56(80)67-45(16)60(84)73(20)49(34-39(6)7)62(86)74(21)50(35-40(8)9)63(87)75(22)53(42(12)13)65(89)76(23)54(59(83)68-46)55(79)43(14)30-28-29-31-77(24,25)26;3-2(4,5)1(6)7/h28-29,37-50,52-55,79H,27,30-36H2,1-26H3,(H3-,66,67,68,69,80,81,82,83);(H,6,7)/b29-28+;/t43-,44+,45-,46+,47+,48+,49+,50+,52+,53+,54+,55-;/m1./s1. The molecule has 29 heteroatoms. The van der Waals surface area contributed by atoms with Gasteiger partial charge in [-0.1, -0.05) is 103 Å². The van der Waals surface area contributed by atoms with Crippen LogP contribution >= 0.6 is 0 Å². The third kappa shape index (κ3) is 27.5. The lowest BCUT2D eigenvalue weighted by molar-refractivity contribution is -0.864. The summed E-state index contributed by atoms with van der Waals surface area (Å²) in [5.74, 6) is -12.8. The highest BCUT2D eigenvalue weighted by molar-refractivity contribution is 5.99. The van der Waals surface area contributed by atoms with Crippen LogP contribution in [0.15, 0.2) is 12.2 Å². The lowest BCUT2D eigenvalue weighted by Gasteiger charge is -2.41. The minimum atomic E-state index is -5.19. The number of aliphatic carboxylic acids is 1. The lowest BCUT2D eigenvalue weighted by Crippen LogP contribution is -2.63. The van der Waals surface area contributed by atoms with E-state index in [1.807, 2.05) is 88.7 Å². The highest BCUT2D eigenvalue weighted by Crippen LogP contribution is 2.26. The van der Waals surface area contributed by atoms with Crippen LogP contribution in [0.25, 0.3) is 0 Å². The Morgan fingerprint density at radius 1 is 0.521 bits per heavy atom.